The summed E-state index contributed by atoms with van der Waals surface area (Å²) in [6, 6.07) is 3.08. The lowest BCUT2D eigenvalue weighted by Crippen LogP contribution is -2.38. The van der Waals surface area contributed by atoms with E-state index in [2.05, 4.69) is 42.6 Å². The van der Waals surface area contributed by atoms with Gasteiger partial charge in [0.2, 0.25) is 5.91 Å². The molecule has 2 atom stereocenters. The van der Waals surface area contributed by atoms with Crippen molar-refractivity contribution in [2.45, 2.75) is 103 Å². The van der Waals surface area contributed by atoms with E-state index in [1.165, 1.54) is 4.68 Å². The predicted octanol–water partition coefficient (Wildman–Crippen LogP) is 6.67. The second-order valence-corrected chi connectivity index (χ2v) is 12.2. The first-order chi connectivity index (χ1) is 20.4. The maximum atomic E-state index is 14.4. The highest BCUT2D eigenvalue weighted by molar-refractivity contribution is 6.33. The van der Waals surface area contributed by atoms with Crippen molar-refractivity contribution in [2.24, 2.45) is 7.05 Å². The van der Waals surface area contributed by atoms with Crippen molar-refractivity contribution in [3.05, 3.63) is 62.3 Å². The summed E-state index contributed by atoms with van der Waals surface area (Å²) in [5, 5.41) is 14.1. The lowest BCUT2D eigenvalue weighted by Gasteiger charge is -2.28. The zero-order chi connectivity index (χ0) is 31.4. The summed E-state index contributed by atoms with van der Waals surface area (Å²) in [6.07, 6.45) is 5.02. The van der Waals surface area contributed by atoms with Crippen molar-refractivity contribution in [3.8, 4) is 0 Å². The van der Waals surface area contributed by atoms with Gasteiger partial charge in [0.1, 0.15) is 6.54 Å². The monoisotopic (exact) mass is 622 g/mol. The minimum atomic E-state index is -4.57. The third-order valence-corrected chi connectivity index (χ3v) is 8.78. The Balaban J connectivity index is 1.83. The van der Waals surface area contributed by atoms with E-state index >= 15 is 0 Å². The van der Waals surface area contributed by atoms with Crippen LogP contribution in [0.25, 0.3) is 5.57 Å². The quantitative estimate of drug-likeness (QED) is 0.306. The number of rotatable bonds is 8. The molecule has 3 N–H and O–H groups in total. The number of nitrogens with one attached hydrogen (secondary N) is 3. The van der Waals surface area contributed by atoms with E-state index in [9.17, 15) is 22.8 Å². The van der Waals surface area contributed by atoms with Crippen LogP contribution in [-0.4, -0.2) is 38.1 Å². The first-order valence-electron chi connectivity index (χ1n) is 15.1. The summed E-state index contributed by atoms with van der Waals surface area (Å²) >= 11 is 6.10. The molecule has 43 heavy (non-hydrogen) atoms. The van der Waals surface area contributed by atoms with Crippen LogP contribution >= 0.6 is 11.6 Å². The highest BCUT2D eigenvalue weighted by atomic mass is 35.5. The van der Waals surface area contributed by atoms with Crippen LogP contribution in [0.15, 0.2) is 29.1 Å². The van der Waals surface area contributed by atoms with Crippen LogP contribution in [0.5, 0.6) is 0 Å². The lowest BCUT2D eigenvalue weighted by molar-refractivity contribution is -0.137. The fraction of sp³-hybridized carbons (Fsp3) is 0.581. The number of allylic oxidation sites excluding steroid dienone is 2. The second-order valence-electron chi connectivity index (χ2n) is 11.7. The topological polar surface area (TPSA) is 96.7 Å². The number of hydrogen-bond donors (Lipinski definition) is 3. The average molecular weight is 623 g/mol. The molecule has 8 nitrogen and oxygen atoms in total. The van der Waals surface area contributed by atoms with Gasteiger partial charge in [0.15, 0.2) is 5.82 Å². The number of amides is 1. The van der Waals surface area contributed by atoms with Crippen molar-refractivity contribution in [2.75, 3.05) is 11.9 Å². The second kappa shape index (κ2) is 13.7. The molecule has 2 heterocycles. The van der Waals surface area contributed by atoms with Crippen LogP contribution in [-0.2, 0) is 36.4 Å². The number of anilines is 1. The zero-order valence-electron chi connectivity index (χ0n) is 25.3. The molecule has 2 aliphatic rings. The van der Waals surface area contributed by atoms with E-state index in [-0.39, 0.29) is 21.7 Å². The van der Waals surface area contributed by atoms with Crippen molar-refractivity contribution >= 4 is 28.8 Å². The zero-order valence-corrected chi connectivity index (χ0v) is 26.1. The first kappa shape index (κ1) is 32.9. The van der Waals surface area contributed by atoms with Gasteiger partial charge in [0.05, 0.1) is 16.3 Å². The van der Waals surface area contributed by atoms with Gasteiger partial charge >= 0.3 is 6.18 Å². The number of fused-ring (bicyclic) bond motifs is 2. The van der Waals surface area contributed by atoms with E-state index in [0.29, 0.717) is 23.9 Å². The minimum absolute atomic E-state index is 0.0257. The Morgan fingerprint density at radius 3 is 2.67 bits per heavy atom. The standard InChI is InChI=1S/C31H42ClF3N6O2/c1-5-7-9-21(8-6-2)28-39-41(19-26(42)37-24-11-10-22(18-23(24)32)31(33,34)35)29(43)27-25(38-40(28)4)13-15-30(27)14-12-20(3)36-17-16-30/h9-11,18,20,36,38H,5-8,12-17,19H2,1-4H3,(H,37,42)/b21-9+,39-28?. The molecule has 1 fully saturated rings. The number of alkyl halides is 3. The Morgan fingerprint density at radius 2 is 2.00 bits per heavy atom. The summed E-state index contributed by atoms with van der Waals surface area (Å²) in [4.78, 5) is 27.8. The van der Waals surface area contributed by atoms with E-state index < -0.39 is 24.2 Å². The summed E-state index contributed by atoms with van der Waals surface area (Å²) in [5.74, 6) is -0.0677. The van der Waals surface area contributed by atoms with Gasteiger partial charge in [-0.25, -0.2) is 4.68 Å². The number of hydrogen-bond acceptors (Lipinski definition) is 4. The first-order valence-corrected chi connectivity index (χ1v) is 15.5. The largest absolute Gasteiger partial charge is 0.416 e. The van der Waals surface area contributed by atoms with Crippen LogP contribution in [0.4, 0.5) is 18.9 Å². The molecule has 12 heteroatoms. The van der Waals surface area contributed by atoms with Crippen LogP contribution in [0.1, 0.15) is 94.8 Å². The van der Waals surface area contributed by atoms with Gasteiger partial charge < -0.3 is 15.7 Å². The Morgan fingerprint density at radius 1 is 1.23 bits per heavy atom. The summed E-state index contributed by atoms with van der Waals surface area (Å²) in [7, 11) is 1.87. The van der Waals surface area contributed by atoms with Crippen LogP contribution in [0, 0.1) is 0 Å². The van der Waals surface area contributed by atoms with E-state index in [1.807, 2.05) is 11.7 Å². The summed E-state index contributed by atoms with van der Waals surface area (Å²) < 4.78 is 42.5. The van der Waals surface area contributed by atoms with E-state index in [1.54, 1.807) is 0 Å². The third kappa shape index (κ3) is 7.55. The Bertz CT molecular complexity index is 1470. The average Bonchev–Trinajstić information content (AvgIpc) is 3.17. The van der Waals surface area contributed by atoms with Gasteiger partial charge in [-0.15, -0.1) is 5.10 Å². The highest BCUT2D eigenvalue weighted by Crippen LogP contribution is 2.43. The highest BCUT2D eigenvalue weighted by Gasteiger charge is 2.42. The molecule has 4 rings (SSSR count). The number of H-pyrrole nitrogens is 1. The van der Waals surface area contributed by atoms with E-state index in [0.717, 1.165) is 87.4 Å². The van der Waals surface area contributed by atoms with Gasteiger partial charge in [-0.05, 0) is 82.2 Å². The number of aromatic amines is 1. The molecule has 2 unspecified atom stereocenters. The maximum Gasteiger partial charge on any atom is 0.416 e. The molecule has 1 aromatic heterocycles. The number of unbranched alkanes of at least 4 members (excludes halogenated alkanes) is 1. The molecule has 1 aliphatic heterocycles. The number of carbonyl (C=O) groups excluding carboxylic acids is 1. The molecule has 1 saturated heterocycles. The molecular weight excluding hydrogens is 581 g/mol. The minimum Gasteiger partial charge on any atom is -0.323 e. The molecule has 2 aromatic rings. The van der Waals surface area contributed by atoms with Gasteiger partial charge in [-0.2, -0.15) is 13.2 Å². The van der Waals surface area contributed by atoms with Crippen LogP contribution in [0.3, 0.4) is 0 Å². The molecular formula is C31H42ClF3N6O2. The number of carbonyl (C=O) groups is 1. The van der Waals surface area contributed by atoms with Crippen LogP contribution < -0.4 is 16.2 Å². The van der Waals surface area contributed by atoms with Gasteiger partial charge in [-0.3, -0.25) is 14.3 Å². The molecule has 1 aromatic carbocycles. The lowest BCUT2D eigenvalue weighted by atomic mass is 9.76. The Kier molecular flexibility index (Phi) is 10.5. The number of aromatic nitrogens is 4. The fourth-order valence-electron chi connectivity index (χ4n) is 6.19. The van der Waals surface area contributed by atoms with Crippen molar-refractivity contribution in [3.63, 3.8) is 0 Å². The van der Waals surface area contributed by atoms with Crippen molar-refractivity contribution < 1.29 is 18.0 Å². The normalized spacial score (nSPS) is 20.6. The third-order valence-electron chi connectivity index (χ3n) is 8.47. The molecule has 0 saturated carbocycles. The number of aryl methyl sites for hydroxylation is 2. The SMILES string of the molecule is CCC/C=C(\CCC)c1nn(CC(=O)Nc2ccc(C(F)(F)F)cc2Cl)c(=O)c2c([nH]n1C)CCC21CCNC(C)CC1. The van der Waals surface area contributed by atoms with Crippen molar-refractivity contribution in [1.29, 1.82) is 0 Å². The molecule has 1 aliphatic carbocycles. The maximum absolute atomic E-state index is 14.4. The van der Waals surface area contributed by atoms with Gasteiger partial charge in [0, 0.05) is 29.8 Å². The smallest absolute Gasteiger partial charge is 0.323 e. The number of benzene rings is 1. The summed E-state index contributed by atoms with van der Waals surface area (Å²) in [6.45, 7) is 6.66. The molecule has 236 valence electrons. The van der Waals surface area contributed by atoms with Gasteiger partial charge in [0.25, 0.3) is 5.56 Å². The Hall–Kier alpha value is -3.05. The van der Waals surface area contributed by atoms with Crippen LogP contribution in [0.2, 0.25) is 5.02 Å². The fourth-order valence-corrected chi connectivity index (χ4v) is 6.42. The molecule has 1 spiro atoms. The molecule has 1 amide bonds. The van der Waals surface area contributed by atoms with Crippen molar-refractivity contribution in [1.82, 2.24) is 24.9 Å². The van der Waals surface area contributed by atoms with Gasteiger partial charge in [-0.1, -0.05) is 44.4 Å². The van der Waals surface area contributed by atoms with E-state index in [4.69, 9.17) is 16.7 Å². The summed E-state index contributed by atoms with van der Waals surface area (Å²) in [5.41, 5.74) is 0.899. The molecule has 0 radical (unpaired) electrons. The number of nitrogens with zero attached hydrogens (tertiary/aromatic N) is 3. The molecule has 0 bridgehead atoms. The number of halogens is 4. The Labute approximate surface area is 255 Å². The predicted molar refractivity (Wildman–Crippen MR) is 164 cm³/mol.